The number of hydrogen-bond acceptors (Lipinski definition) is 5. The molecule has 1 N–H and O–H groups in total. The Kier molecular flexibility index (Phi) is 6.32. The van der Waals surface area contributed by atoms with Crippen LogP contribution in [0.2, 0.25) is 0 Å². The molecule has 0 aliphatic carbocycles. The summed E-state index contributed by atoms with van der Waals surface area (Å²) < 4.78 is 19.6. The van der Waals surface area contributed by atoms with Crippen molar-refractivity contribution in [1.82, 2.24) is 9.78 Å². The summed E-state index contributed by atoms with van der Waals surface area (Å²) >= 11 is 0. The van der Waals surface area contributed by atoms with Crippen molar-refractivity contribution in [1.29, 1.82) is 0 Å². The first-order valence-electron chi connectivity index (χ1n) is 9.86. The molecule has 0 unspecified atom stereocenters. The van der Waals surface area contributed by atoms with Crippen molar-refractivity contribution >= 4 is 0 Å². The fraction of sp³-hybridized carbons (Fsp3) is 0.348. The number of hydrogen-bond donors (Lipinski definition) is 1. The number of aromatic nitrogens is 2. The second-order valence-corrected chi connectivity index (χ2v) is 7.21. The van der Waals surface area contributed by atoms with Crippen molar-refractivity contribution in [3.8, 4) is 34.6 Å². The number of phenolic OH excluding ortho intramolecular Hbond substituents is 1. The standard InChI is InChI=1S/C23H28N2O4/c1-6-13-27-22-14-18(26)7-12-21(22)28-19-8-10-20(11-9-19)29-23-16(4)17(5)24-25(23)15(2)3/h7-12,14-15,26H,6,13H2,1-5H3. The van der Waals surface area contributed by atoms with Crippen LogP contribution in [0.3, 0.4) is 0 Å². The molecular weight excluding hydrogens is 368 g/mol. The summed E-state index contributed by atoms with van der Waals surface area (Å²) in [7, 11) is 0. The molecule has 3 rings (SSSR count). The summed E-state index contributed by atoms with van der Waals surface area (Å²) in [6.45, 7) is 10.7. The molecule has 0 aliphatic heterocycles. The van der Waals surface area contributed by atoms with E-state index in [-0.39, 0.29) is 11.8 Å². The van der Waals surface area contributed by atoms with Crippen LogP contribution in [0.4, 0.5) is 0 Å². The first kappa shape index (κ1) is 20.6. The maximum Gasteiger partial charge on any atom is 0.221 e. The minimum absolute atomic E-state index is 0.139. The van der Waals surface area contributed by atoms with Gasteiger partial charge in [-0.3, -0.25) is 0 Å². The molecule has 0 saturated carbocycles. The van der Waals surface area contributed by atoms with Crippen LogP contribution in [0.5, 0.6) is 34.6 Å². The Hall–Kier alpha value is -3.15. The normalized spacial score (nSPS) is 11.0. The zero-order valence-electron chi connectivity index (χ0n) is 17.6. The minimum Gasteiger partial charge on any atom is -0.508 e. The van der Waals surface area contributed by atoms with E-state index < -0.39 is 0 Å². The lowest BCUT2D eigenvalue weighted by Gasteiger charge is -2.14. The molecule has 2 aromatic carbocycles. The largest absolute Gasteiger partial charge is 0.508 e. The number of nitrogens with zero attached hydrogens (tertiary/aromatic N) is 2. The Morgan fingerprint density at radius 2 is 1.62 bits per heavy atom. The van der Waals surface area contributed by atoms with Gasteiger partial charge < -0.3 is 19.3 Å². The number of aromatic hydroxyl groups is 1. The van der Waals surface area contributed by atoms with Crippen LogP contribution in [-0.4, -0.2) is 21.5 Å². The highest BCUT2D eigenvalue weighted by molar-refractivity contribution is 5.48. The van der Waals surface area contributed by atoms with Crippen LogP contribution < -0.4 is 14.2 Å². The molecule has 1 aromatic heterocycles. The Labute approximate surface area is 171 Å². The van der Waals surface area contributed by atoms with Gasteiger partial charge in [0.05, 0.1) is 18.3 Å². The maximum absolute atomic E-state index is 9.71. The molecule has 0 aliphatic rings. The van der Waals surface area contributed by atoms with Crippen molar-refractivity contribution in [3.63, 3.8) is 0 Å². The molecule has 3 aromatic rings. The number of phenols is 1. The molecule has 1 heterocycles. The summed E-state index contributed by atoms with van der Waals surface area (Å²) in [6.07, 6.45) is 0.868. The van der Waals surface area contributed by atoms with Crippen LogP contribution >= 0.6 is 0 Å². The highest BCUT2D eigenvalue weighted by Gasteiger charge is 2.16. The van der Waals surface area contributed by atoms with Gasteiger partial charge in [0.1, 0.15) is 17.2 Å². The molecule has 6 nitrogen and oxygen atoms in total. The van der Waals surface area contributed by atoms with Gasteiger partial charge in [-0.15, -0.1) is 0 Å². The fourth-order valence-corrected chi connectivity index (χ4v) is 2.80. The molecule has 0 bridgehead atoms. The number of rotatable bonds is 8. The third kappa shape index (κ3) is 4.83. The van der Waals surface area contributed by atoms with Gasteiger partial charge in [-0.1, -0.05) is 6.92 Å². The highest BCUT2D eigenvalue weighted by atomic mass is 16.5. The lowest BCUT2D eigenvalue weighted by molar-refractivity contribution is 0.300. The second kappa shape index (κ2) is 8.90. The molecule has 6 heteroatoms. The lowest BCUT2D eigenvalue weighted by Crippen LogP contribution is -2.05. The Bertz CT molecular complexity index is 962. The van der Waals surface area contributed by atoms with Gasteiger partial charge >= 0.3 is 0 Å². The lowest BCUT2D eigenvalue weighted by atomic mass is 10.2. The van der Waals surface area contributed by atoms with Crippen molar-refractivity contribution < 1.29 is 19.3 Å². The fourth-order valence-electron chi connectivity index (χ4n) is 2.80. The Balaban J connectivity index is 1.77. The monoisotopic (exact) mass is 396 g/mol. The molecular formula is C23H28N2O4. The summed E-state index contributed by atoms with van der Waals surface area (Å²) in [5, 5.41) is 14.3. The van der Waals surface area contributed by atoms with E-state index in [2.05, 4.69) is 18.9 Å². The summed E-state index contributed by atoms with van der Waals surface area (Å²) in [5.41, 5.74) is 1.99. The van der Waals surface area contributed by atoms with Crippen molar-refractivity contribution in [3.05, 3.63) is 53.7 Å². The van der Waals surface area contributed by atoms with E-state index >= 15 is 0 Å². The molecule has 0 amide bonds. The van der Waals surface area contributed by atoms with Crippen LogP contribution in [0.25, 0.3) is 0 Å². The number of benzene rings is 2. The van der Waals surface area contributed by atoms with Gasteiger partial charge in [0.2, 0.25) is 5.88 Å². The SMILES string of the molecule is CCCOc1cc(O)ccc1Oc1ccc(Oc2c(C)c(C)nn2C(C)C)cc1. The quantitative estimate of drug-likeness (QED) is 0.494. The highest BCUT2D eigenvalue weighted by Crippen LogP contribution is 2.36. The zero-order valence-corrected chi connectivity index (χ0v) is 17.6. The van der Waals surface area contributed by atoms with E-state index in [0.717, 1.165) is 23.6 Å². The average molecular weight is 396 g/mol. The van der Waals surface area contributed by atoms with Crippen LogP contribution in [-0.2, 0) is 0 Å². The van der Waals surface area contributed by atoms with Crippen LogP contribution in [0.1, 0.15) is 44.5 Å². The van der Waals surface area contributed by atoms with Crippen LogP contribution in [0, 0.1) is 13.8 Å². The number of ether oxygens (including phenoxy) is 3. The topological polar surface area (TPSA) is 65.7 Å². The third-order valence-electron chi connectivity index (χ3n) is 4.47. The molecule has 29 heavy (non-hydrogen) atoms. The first-order valence-corrected chi connectivity index (χ1v) is 9.86. The molecule has 0 spiro atoms. The van der Waals surface area contributed by atoms with E-state index in [0.29, 0.717) is 29.6 Å². The van der Waals surface area contributed by atoms with Gasteiger partial charge in [0.15, 0.2) is 11.5 Å². The Morgan fingerprint density at radius 3 is 2.24 bits per heavy atom. The second-order valence-electron chi connectivity index (χ2n) is 7.21. The smallest absolute Gasteiger partial charge is 0.221 e. The van der Waals surface area contributed by atoms with Gasteiger partial charge in [-0.05, 0) is 70.5 Å². The molecule has 0 saturated heterocycles. The minimum atomic E-state index is 0.139. The van der Waals surface area contributed by atoms with E-state index in [4.69, 9.17) is 14.2 Å². The van der Waals surface area contributed by atoms with Gasteiger partial charge in [-0.2, -0.15) is 5.10 Å². The van der Waals surface area contributed by atoms with Gasteiger partial charge in [-0.25, -0.2) is 4.68 Å². The summed E-state index contributed by atoms with van der Waals surface area (Å²) in [5.74, 6) is 3.30. The Morgan fingerprint density at radius 1 is 0.966 bits per heavy atom. The van der Waals surface area contributed by atoms with Gasteiger partial charge in [0, 0.05) is 11.6 Å². The van der Waals surface area contributed by atoms with E-state index in [1.165, 1.54) is 0 Å². The summed E-state index contributed by atoms with van der Waals surface area (Å²) in [4.78, 5) is 0. The van der Waals surface area contributed by atoms with E-state index in [9.17, 15) is 5.11 Å². The average Bonchev–Trinajstić information content (AvgIpc) is 2.98. The van der Waals surface area contributed by atoms with Crippen LogP contribution in [0.15, 0.2) is 42.5 Å². The van der Waals surface area contributed by atoms with Crippen molar-refractivity contribution in [2.24, 2.45) is 0 Å². The predicted molar refractivity (Wildman–Crippen MR) is 113 cm³/mol. The molecule has 154 valence electrons. The third-order valence-corrected chi connectivity index (χ3v) is 4.47. The molecule has 0 fully saturated rings. The predicted octanol–water partition coefficient (Wildman–Crippen LogP) is 6.16. The van der Waals surface area contributed by atoms with Gasteiger partial charge in [0.25, 0.3) is 0 Å². The van der Waals surface area contributed by atoms with Crippen molar-refractivity contribution in [2.45, 2.75) is 47.1 Å². The number of aryl methyl sites for hydroxylation is 1. The van der Waals surface area contributed by atoms with E-state index in [1.807, 2.05) is 49.7 Å². The maximum atomic E-state index is 9.71. The first-order chi connectivity index (χ1) is 13.9. The van der Waals surface area contributed by atoms with Crippen molar-refractivity contribution in [2.75, 3.05) is 6.61 Å². The van der Waals surface area contributed by atoms with E-state index in [1.54, 1.807) is 18.2 Å². The summed E-state index contributed by atoms with van der Waals surface area (Å²) in [6, 6.07) is 12.4. The zero-order chi connectivity index (χ0) is 21.0. The molecule has 0 radical (unpaired) electrons. The molecule has 0 atom stereocenters.